The first-order valence-corrected chi connectivity index (χ1v) is 6.46. The number of nitrogens with zero attached hydrogens (tertiary/aromatic N) is 1. The molecule has 0 amide bonds. The Kier molecular flexibility index (Phi) is 4.22. The van der Waals surface area contributed by atoms with Crippen LogP contribution in [-0.4, -0.2) is 10.1 Å². The van der Waals surface area contributed by atoms with Gasteiger partial charge in [0.05, 0.1) is 6.61 Å². The quantitative estimate of drug-likeness (QED) is 0.922. The number of pyridine rings is 1. The van der Waals surface area contributed by atoms with Gasteiger partial charge < -0.3 is 9.84 Å². The number of aryl methyl sites for hydroxylation is 1. The first kappa shape index (κ1) is 13.3. The maximum atomic E-state index is 8.97. The normalized spacial score (nSPS) is 10.4. The molecule has 0 unspecified atom stereocenters. The maximum Gasteiger partial charge on any atom is 0.238 e. The summed E-state index contributed by atoms with van der Waals surface area (Å²) < 4.78 is 6.64. The highest BCUT2D eigenvalue weighted by Crippen LogP contribution is 2.30. The summed E-state index contributed by atoms with van der Waals surface area (Å²) in [6, 6.07) is 7.32. The summed E-state index contributed by atoms with van der Waals surface area (Å²) in [4.78, 5) is 4.08. The van der Waals surface area contributed by atoms with Gasteiger partial charge in [-0.2, -0.15) is 0 Å². The number of ether oxygens (including phenoxy) is 1. The fraction of sp³-hybridized carbons (Fsp3) is 0.154. The van der Waals surface area contributed by atoms with Crippen LogP contribution in [0.4, 0.5) is 0 Å². The van der Waals surface area contributed by atoms with Gasteiger partial charge in [-0.15, -0.1) is 0 Å². The number of aliphatic hydroxyl groups excluding tert-OH is 1. The largest absolute Gasteiger partial charge is 0.437 e. The number of benzene rings is 1. The lowest BCUT2D eigenvalue weighted by molar-refractivity contribution is 0.281. The van der Waals surface area contributed by atoms with Crippen molar-refractivity contribution in [2.75, 3.05) is 0 Å². The summed E-state index contributed by atoms with van der Waals surface area (Å²) in [6.07, 6.45) is 1.54. The summed E-state index contributed by atoms with van der Waals surface area (Å²) >= 11 is 9.42. The predicted octanol–water partition coefficient (Wildman–Crippen LogP) is 4.09. The molecule has 0 radical (unpaired) electrons. The molecule has 0 fully saturated rings. The number of rotatable bonds is 3. The average molecular weight is 329 g/mol. The van der Waals surface area contributed by atoms with E-state index in [2.05, 4.69) is 20.9 Å². The highest BCUT2D eigenvalue weighted by Gasteiger charge is 2.08. The van der Waals surface area contributed by atoms with Gasteiger partial charge in [0.25, 0.3) is 0 Å². The Morgan fingerprint density at radius 3 is 2.78 bits per heavy atom. The molecule has 2 aromatic rings. The fourth-order valence-electron chi connectivity index (χ4n) is 1.46. The van der Waals surface area contributed by atoms with Crippen LogP contribution in [0, 0.1) is 6.92 Å². The zero-order chi connectivity index (χ0) is 13.1. The molecule has 18 heavy (non-hydrogen) atoms. The van der Waals surface area contributed by atoms with E-state index >= 15 is 0 Å². The zero-order valence-corrected chi connectivity index (χ0v) is 12.0. The predicted molar refractivity (Wildman–Crippen MR) is 74.1 cm³/mol. The average Bonchev–Trinajstić information content (AvgIpc) is 2.34. The lowest BCUT2D eigenvalue weighted by Gasteiger charge is -2.09. The summed E-state index contributed by atoms with van der Waals surface area (Å²) in [5.41, 5.74) is 1.63. The highest BCUT2D eigenvalue weighted by atomic mass is 79.9. The monoisotopic (exact) mass is 327 g/mol. The van der Waals surface area contributed by atoms with Crippen LogP contribution < -0.4 is 4.74 Å². The molecular formula is C13H11BrClNO2. The number of halogens is 2. The van der Waals surface area contributed by atoms with Gasteiger partial charge in [-0.1, -0.05) is 27.5 Å². The molecule has 0 aliphatic carbocycles. The minimum absolute atomic E-state index is 0.0929. The van der Waals surface area contributed by atoms with Crippen molar-refractivity contribution in [2.24, 2.45) is 0 Å². The van der Waals surface area contributed by atoms with E-state index in [1.165, 1.54) is 6.20 Å². The van der Waals surface area contributed by atoms with Crippen LogP contribution in [0.1, 0.15) is 11.1 Å². The Morgan fingerprint density at radius 1 is 1.39 bits per heavy atom. The van der Waals surface area contributed by atoms with Gasteiger partial charge in [0, 0.05) is 10.7 Å². The Balaban J connectivity index is 2.28. The third-order valence-corrected chi connectivity index (χ3v) is 3.15. The molecule has 1 N–H and O–H groups in total. The van der Waals surface area contributed by atoms with Crippen molar-refractivity contribution >= 4 is 27.5 Å². The van der Waals surface area contributed by atoms with E-state index in [0.717, 1.165) is 10.0 Å². The van der Waals surface area contributed by atoms with Crippen molar-refractivity contribution in [3.63, 3.8) is 0 Å². The van der Waals surface area contributed by atoms with E-state index in [4.69, 9.17) is 21.4 Å². The van der Waals surface area contributed by atoms with E-state index in [-0.39, 0.29) is 6.61 Å². The standard InChI is InChI=1S/C13H11BrClNO2/c1-8-4-10(14)2-3-12(8)18-13-11(15)5-9(7-17)6-16-13/h2-6,17H,7H2,1H3. The fourth-order valence-corrected chi connectivity index (χ4v) is 2.16. The van der Waals surface area contributed by atoms with Gasteiger partial charge in [-0.05, 0) is 42.3 Å². The van der Waals surface area contributed by atoms with Crippen molar-refractivity contribution in [3.8, 4) is 11.6 Å². The minimum Gasteiger partial charge on any atom is -0.437 e. The van der Waals surface area contributed by atoms with Crippen molar-refractivity contribution in [1.82, 2.24) is 4.98 Å². The van der Waals surface area contributed by atoms with E-state index in [0.29, 0.717) is 22.2 Å². The molecule has 0 aliphatic rings. The van der Waals surface area contributed by atoms with Gasteiger partial charge in [0.1, 0.15) is 10.8 Å². The van der Waals surface area contributed by atoms with Crippen LogP contribution in [0.5, 0.6) is 11.6 Å². The SMILES string of the molecule is Cc1cc(Br)ccc1Oc1ncc(CO)cc1Cl. The number of aromatic nitrogens is 1. The van der Waals surface area contributed by atoms with Gasteiger partial charge >= 0.3 is 0 Å². The van der Waals surface area contributed by atoms with Crippen molar-refractivity contribution in [1.29, 1.82) is 0 Å². The number of hydrogen-bond donors (Lipinski definition) is 1. The molecule has 0 bridgehead atoms. The summed E-state index contributed by atoms with van der Waals surface area (Å²) in [6.45, 7) is 1.85. The molecule has 5 heteroatoms. The molecule has 3 nitrogen and oxygen atoms in total. The molecular weight excluding hydrogens is 318 g/mol. The molecule has 0 saturated carbocycles. The molecule has 0 spiro atoms. The molecule has 1 aromatic heterocycles. The molecule has 0 atom stereocenters. The van der Waals surface area contributed by atoms with E-state index < -0.39 is 0 Å². The third kappa shape index (κ3) is 3.02. The zero-order valence-electron chi connectivity index (χ0n) is 9.65. The van der Waals surface area contributed by atoms with Crippen molar-refractivity contribution < 1.29 is 9.84 Å². The summed E-state index contributed by atoms with van der Waals surface area (Å²) in [5, 5.41) is 9.35. The topological polar surface area (TPSA) is 42.4 Å². The molecule has 1 aromatic carbocycles. The van der Waals surface area contributed by atoms with Crippen LogP contribution in [0.3, 0.4) is 0 Å². The van der Waals surface area contributed by atoms with Crippen LogP contribution in [0.25, 0.3) is 0 Å². The summed E-state index contributed by atoms with van der Waals surface area (Å²) in [5.74, 6) is 1.03. The first-order chi connectivity index (χ1) is 8.60. The minimum atomic E-state index is -0.0929. The van der Waals surface area contributed by atoms with Crippen LogP contribution >= 0.6 is 27.5 Å². The second-order valence-corrected chi connectivity index (χ2v) is 5.12. The second kappa shape index (κ2) is 5.69. The Morgan fingerprint density at radius 2 is 2.17 bits per heavy atom. The van der Waals surface area contributed by atoms with Crippen LogP contribution in [-0.2, 0) is 6.61 Å². The van der Waals surface area contributed by atoms with Crippen molar-refractivity contribution in [2.45, 2.75) is 13.5 Å². The van der Waals surface area contributed by atoms with Crippen LogP contribution in [0.15, 0.2) is 34.9 Å². The van der Waals surface area contributed by atoms with E-state index in [9.17, 15) is 0 Å². The molecule has 2 rings (SSSR count). The molecule has 0 saturated heterocycles. The Labute approximate surface area is 119 Å². The van der Waals surface area contributed by atoms with E-state index in [1.54, 1.807) is 6.07 Å². The Hall–Kier alpha value is -1.10. The number of aliphatic hydroxyl groups is 1. The molecule has 94 valence electrons. The van der Waals surface area contributed by atoms with Crippen molar-refractivity contribution in [3.05, 3.63) is 51.1 Å². The maximum absolute atomic E-state index is 8.97. The van der Waals surface area contributed by atoms with Gasteiger partial charge in [-0.25, -0.2) is 4.98 Å². The Bertz CT molecular complexity index is 575. The third-order valence-electron chi connectivity index (χ3n) is 2.39. The van der Waals surface area contributed by atoms with Gasteiger partial charge in [0.15, 0.2) is 0 Å². The second-order valence-electron chi connectivity index (χ2n) is 3.80. The van der Waals surface area contributed by atoms with Crippen LogP contribution in [0.2, 0.25) is 5.02 Å². The molecule has 1 heterocycles. The smallest absolute Gasteiger partial charge is 0.238 e. The number of hydrogen-bond acceptors (Lipinski definition) is 3. The van der Waals surface area contributed by atoms with Gasteiger partial charge in [-0.3, -0.25) is 0 Å². The van der Waals surface area contributed by atoms with Gasteiger partial charge in [0.2, 0.25) is 5.88 Å². The molecule has 0 aliphatic heterocycles. The lowest BCUT2D eigenvalue weighted by Crippen LogP contribution is -1.93. The highest BCUT2D eigenvalue weighted by molar-refractivity contribution is 9.10. The lowest BCUT2D eigenvalue weighted by atomic mass is 10.2. The summed E-state index contributed by atoms with van der Waals surface area (Å²) in [7, 11) is 0. The van der Waals surface area contributed by atoms with E-state index in [1.807, 2.05) is 25.1 Å². The first-order valence-electron chi connectivity index (χ1n) is 5.29.